The summed E-state index contributed by atoms with van der Waals surface area (Å²) in [6, 6.07) is 17.5. The summed E-state index contributed by atoms with van der Waals surface area (Å²) in [6.45, 7) is 2.97. The van der Waals surface area contributed by atoms with E-state index >= 15 is 0 Å². The number of para-hydroxylation sites is 1. The topological polar surface area (TPSA) is 74.3 Å². The van der Waals surface area contributed by atoms with Gasteiger partial charge in [0, 0.05) is 17.1 Å². The molecule has 0 unspecified atom stereocenters. The second-order valence-electron chi connectivity index (χ2n) is 6.10. The molecule has 2 aromatic carbocycles. The summed E-state index contributed by atoms with van der Waals surface area (Å²) in [5, 5.41) is 22.4. The van der Waals surface area contributed by atoms with Crippen LogP contribution in [0.25, 0.3) is 17.1 Å². The molecule has 0 saturated heterocycles. The van der Waals surface area contributed by atoms with E-state index in [-0.39, 0.29) is 0 Å². The molecular weight excluding hydrogens is 394 g/mol. The van der Waals surface area contributed by atoms with E-state index in [1.54, 1.807) is 16.4 Å². The van der Waals surface area contributed by atoms with Gasteiger partial charge < -0.3 is 4.57 Å². The standard InChI is InChI=1S/C19H18ClN7S/c1-2-12-26-18(14-8-10-15(20)11-9-14)22-23-19(26)28-13-17-21-24-25-27(17)16-6-4-3-5-7-16/h3-11H,2,12-13H2,1H3. The molecule has 4 aromatic rings. The van der Waals surface area contributed by atoms with Gasteiger partial charge in [0.25, 0.3) is 0 Å². The number of nitrogens with zero attached hydrogens (tertiary/aromatic N) is 7. The molecule has 0 radical (unpaired) electrons. The number of tetrazole rings is 1. The monoisotopic (exact) mass is 411 g/mol. The largest absolute Gasteiger partial charge is 0.302 e. The Labute approximate surface area is 171 Å². The molecule has 0 atom stereocenters. The van der Waals surface area contributed by atoms with Gasteiger partial charge in [-0.3, -0.25) is 0 Å². The van der Waals surface area contributed by atoms with Gasteiger partial charge in [-0.15, -0.1) is 15.3 Å². The van der Waals surface area contributed by atoms with Gasteiger partial charge in [0.1, 0.15) is 0 Å². The zero-order valence-corrected chi connectivity index (χ0v) is 16.8. The lowest BCUT2D eigenvalue weighted by atomic mass is 10.2. The third kappa shape index (κ3) is 3.93. The molecule has 2 aromatic heterocycles. The number of aromatic nitrogens is 7. The van der Waals surface area contributed by atoms with Crippen molar-refractivity contribution in [3.63, 3.8) is 0 Å². The molecule has 28 heavy (non-hydrogen) atoms. The summed E-state index contributed by atoms with van der Waals surface area (Å²) in [4.78, 5) is 0. The van der Waals surface area contributed by atoms with Gasteiger partial charge in [-0.2, -0.15) is 4.68 Å². The predicted molar refractivity (Wildman–Crippen MR) is 109 cm³/mol. The Balaban J connectivity index is 1.58. The minimum Gasteiger partial charge on any atom is -0.302 e. The number of hydrogen-bond donors (Lipinski definition) is 0. The van der Waals surface area contributed by atoms with Crippen molar-refractivity contribution in [3.8, 4) is 17.1 Å². The van der Waals surface area contributed by atoms with Crippen LogP contribution in [-0.4, -0.2) is 35.0 Å². The Morgan fingerprint density at radius 2 is 1.75 bits per heavy atom. The molecule has 0 aliphatic heterocycles. The van der Waals surface area contributed by atoms with Crippen molar-refractivity contribution in [1.29, 1.82) is 0 Å². The Morgan fingerprint density at radius 1 is 0.964 bits per heavy atom. The first kappa shape index (κ1) is 18.6. The first-order valence-electron chi connectivity index (χ1n) is 8.91. The Kier molecular flexibility index (Phi) is 5.68. The maximum atomic E-state index is 6.01. The molecule has 0 spiro atoms. The van der Waals surface area contributed by atoms with Crippen LogP contribution in [0.5, 0.6) is 0 Å². The van der Waals surface area contributed by atoms with Crippen molar-refractivity contribution < 1.29 is 0 Å². The van der Waals surface area contributed by atoms with Gasteiger partial charge in [-0.05, 0) is 53.2 Å². The van der Waals surface area contributed by atoms with Gasteiger partial charge in [0.2, 0.25) is 0 Å². The molecule has 0 bridgehead atoms. The van der Waals surface area contributed by atoms with E-state index in [1.165, 1.54) is 0 Å². The number of benzene rings is 2. The van der Waals surface area contributed by atoms with Crippen molar-refractivity contribution >= 4 is 23.4 Å². The van der Waals surface area contributed by atoms with E-state index in [4.69, 9.17) is 11.6 Å². The second-order valence-corrected chi connectivity index (χ2v) is 7.47. The van der Waals surface area contributed by atoms with Crippen LogP contribution in [0.3, 0.4) is 0 Å². The van der Waals surface area contributed by atoms with E-state index < -0.39 is 0 Å². The fourth-order valence-electron chi connectivity index (χ4n) is 2.83. The van der Waals surface area contributed by atoms with E-state index in [2.05, 4.69) is 37.2 Å². The van der Waals surface area contributed by atoms with Crippen LogP contribution >= 0.6 is 23.4 Å². The molecule has 0 fully saturated rings. The second kappa shape index (κ2) is 8.53. The lowest BCUT2D eigenvalue weighted by Gasteiger charge is -2.09. The van der Waals surface area contributed by atoms with Crippen LogP contribution in [-0.2, 0) is 12.3 Å². The van der Waals surface area contributed by atoms with Gasteiger partial charge in [-0.1, -0.05) is 48.5 Å². The Hall–Kier alpha value is -2.71. The molecule has 0 saturated carbocycles. The van der Waals surface area contributed by atoms with E-state index in [1.807, 2.05) is 54.6 Å². The zero-order valence-electron chi connectivity index (χ0n) is 15.2. The average molecular weight is 412 g/mol. The molecule has 142 valence electrons. The first-order valence-corrected chi connectivity index (χ1v) is 10.3. The highest BCUT2D eigenvalue weighted by Gasteiger charge is 2.16. The van der Waals surface area contributed by atoms with Crippen LogP contribution in [0.2, 0.25) is 5.02 Å². The molecule has 0 amide bonds. The summed E-state index contributed by atoms with van der Waals surface area (Å²) >= 11 is 7.58. The van der Waals surface area contributed by atoms with E-state index in [0.717, 1.165) is 41.0 Å². The third-order valence-corrected chi connectivity index (χ3v) is 5.35. The van der Waals surface area contributed by atoms with E-state index in [0.29, 0.717) is 10.8 Å². The highest BCUT2D eigenvalue weighted by Crippen LogP contribution is 2.27. The Morgan fingerprint density at radius 3 is 2.50 bits per heavy atom. The lowest BCUT2D eigenvalue weighted by molar-refractivity contribution is 0.626. The van der Waals surface area contributed by atoms with Crippen molar-refractivity contribution in [2.24, 2.45) is 0 Å². The van der Waals surface area contributed by atoms with Crippen LogP contribution < -0.4 is 0 Å². The highest BCUT2D eigenvalue weighted by atomic mass is 35.5. The molecule has 0 N–H and O–H groups in total. The first-order chi connectivity index (χ1) is 13.8. The van der Waals surface area contributed by atoms with Gasteiger partial charge in [0.05, 0.1) is 11.4 Å². The Bertz CT molecular complexity index is 1040. The summed E-state index contributed by atoms with van der Waals surface area (Å²) in [7, 11) is 0. The summed E-state index contributed by atoms with van der Waals surface area (Å²) in [5.41, 5.74) is 1.92. The summed E-state index contributed by atoms with van der Waals surface area (Å²) in [5.74, 6) is 2.18. The smallest absolute Gasteiger partial charge is 0.191 e. The molecule has 2 heterocycles. The quantitative estimate of drug-likeness (QED) is 0.422. The number of halogens is 1. The molecule has 7 nitrogen and oxygen atoms in total. The normalized spacial score (nSPS) is 11.1. The SMILES string of the molecule is CCCn1c(SCc2nnnn2-c2ccccc2)nnc1-c1ccc(Cl)cc1. The highest BCUT2D eigenvalue weighted by molar-refractivity contribution is 7.98. The third-order valence-electron chi connectivity index (χ3n) is 4.13. The van der Waals surface area contributed by atoms with Crippen molar-refractivity contribution in [2.45, 2.75) is 30.8 Å². The minimum atomic E-state index is 0.588. The van der Waals surface area contributed by atoms with Gasteiger partial charge in [-0.25, -0.2) is 0 Å². The molecule has 0 aliphatic carbocycles. The number of hydrogen-bond acceptors (Lipinski definition) is 6. The summed E-state index contributed by atoms with van der Waals surface area (Å²) < 4.78 is 3.87. The van der Waals surface area contributed by atoms with Crippen LogP contribution in [0, 0.1) is 0 Å². The van der Waals surface area contributed by atoms with E-state index in [9.17, 15) is 0 Å². The molecular formula is C19H18ClN7S. The summed E-state index contributed by atoms with van der Waals surface area (Å²) in [6.07, 6.45) is 0.980. The zero-order chi connectivity index (χ0) is 19.3. The number of thioether (sulfide) groups is 1. The van der Waals surface area contributed by atoms with Crippen LogP contribution in [0.15, 0.2) is 59.8 Å². The lowest BCUT2D eigenvalue weighted by Crippen LogP contribution is -2.04. The fraction of sp³-hybridized carbons (Fsp3) is 0.211. The van der Waals surface area contributed by atoms with Crippen molar-refractivity contribution in [2.75, 3.05) is 0 Å². The minimum absolute atomic E-state index is 0.588. The molecule has 9 heteroatoms. The van der Waals surface area contributed by atoms with Crippen molar-refractivity contribution in [3.05, 3.63) is 65.4 Å². The molecule has 0 aliphatic rings. The van der Waals surface area contributed by atoms with Gasteiger partial charge in [0.15, 0.2) is 16.8 Å². The maximum absolute atomic E-state index is 6.01. The maximum Gasteiger partial charge on any atom is 0.191 e. The predicted octanol–water partition coefficient (Wildman–Crippen LogP) is 4.28. The van der Waals surface area contributed by atoms with Crippen molar-refractivity contribution in [1.82, 2.24) is 35.0 Å². The van der Waals surface area contributed by atoms with Crippen LogP contribution in [0.1, 0.15) is 19.2 Å². The van der Waals surface area contributed by atoms with Crippen LogP contribution in [0.4, 0.5) is 0 Å². The molecule has 4 rings (SSSR count). The van der Waals surface area contributed by atoms with Gasteiger partial charge >= 0.3 is 0 Å². The fourth-order valence-corrected chi connectivity index (χ4v) is 3.82. The average Bonchev–Trinajstić information content (AvgIpc) is 3.35. The number of rotatable bonds is 7.